The molecule has 23 heavy (non-hydrogen) atoms. The molecule has 0 saturated carbocycles. The predicted octanol–water partition coefficient (Wildman–Crippen LogP) is 3.51. The molecule has 2 rings (SSSR count). The first-order chi connectivity index (χ1) is 10.9. The van der Waals surface area contributed by atoms with Crippen molar-refractivity contribution < 1.29 is 19.4 Å². The number of esters is 1. The third-order valence-corrected chi connectivity index (χ3v) is 3.26. The van der Waals surface area contributed by atoms with Gasteiger partial charge in [0.05, 0.1) is 26.0 Å². The van der Waals surface area contributed by atoms with Crippen molar-refractivity contribution in [3.8, 4) is 0 Å². The summed E-state index contributed by atoms with van der Waals surface area (Å²) >= 11 is 5.83. The minimum absolute atomic E-state index is 0.0110. The number of rotatable bonds is 5. The van der Waals surface area contributed by atoms with Crippen molar-refractivity contribution in [2.75, 3.05) is 0 Å². The van der Waals surface area contributed by atoms with Crippen molar-refractivity contribution >= 4 is 28.9 Å². The van der Waals surface area contributed by atoms with Gasteiger partial charge < -0.3 is 4.74 Å². The fourth-order valence-electron chi connectivity index (χ4n) is 1.82. The third kappa shape index (κ3) is 3.80. The van der Waals surface area contributed by atoms with E-state index in [1.165, 1.54) is 24.3 Å². The second-order valence-electron chi connectivity index (χ2n) is 4.38. The molecule has 0 unspecified atom stereocenters. The topological polar surface area (TPSA) is 113 Å². The van der Waals surface area contributed by atoms with Crippen LogP contribution in [0.1, 0.15) is 15.9 Å². The molecule has 0 atom stereocenters. The molecule has 2 aromatic carbocycles. The van der Waals surface area contributed by atoms with Gasteiger partial charge in [-0.25, -0.2) is 4.79 Å². The monoisotopic (exact) mass is 336 g/mol. The van der Waals surface area contributed by atoms with Crippen molar-refractivity contribution in [1.82, 2.24) is 0 Å². The predicted molar refractivity (Wildman–Crippen MR) is 80.3 cm³/mol. The molecule has 0 N–H and O–H groups in total. The smallest absolute Gasteiger partial charge is 0.340 e. The lowest BCUT2D eigenvalue weighted by Crippen LogP contribution is -2.07. The molecular weight excluding hydrogens is 328 g/mol. The zero-order chi connectivity index (χ0) is 17.0. The SMILES string of the molecule is O=C(OCc1ccccc1[N+](=O)[O-])c1cc([N+](=O)[O-])ccc1Cl. The first-order valence-corrected chi connectivity index (χ1v) is 6.61. The summed E-state index contributed by atoms with van der Waals surface area (Å²) in [7, 11) is 0. The van der Waals surface area contributed by atoms with Gasteiger partial charge in [0.2, 0.25) is 0 Å². The molecule has 9 heteroatoms. The molecule has 0 fully saturated rings. The Labute approximate surface area is 134 Å². The standard InChI is InChI=1S/C14H9ClN2O6/c15-12-6-5-10(16(19)20)7-11(12)14(18)23-8-9-3-1-2-4-13(9)17(21)22/h1-7H,8H2. The number of carbonyl (C=O) groups is 1. The fraction of sp³-hybridized carbons (Fsp3) is 0.0714. The van der Waals surface area contributed by atoms with Crippen molar-refractivity contribution in [2.45, 2.75) is 6.61 Å². The Morgan fingerprint density at radius 3 is 2.43 bits per heavy atom. The van der Waals surface area contributed by atoms with E-state index < -0.39 is 15.8 Å². The number of carbonyl (C=O) groups excluding carboxylic acids is 1. The van der Waals surface area contributed by atoms with Crippen LogP contribution in [-0.4, -0.2) is 15.8 Å². The molecule has 8 nitrogen and oxygen atoms in total. The zero-order valence-corrected chi connectivity index (χ0v) is 12.2. The summed E-state index contributed by atoms with van der Waals surface area (Å²) in [5, 5.41) is 21.6. The summed E-state index contributed by atoms with van der Waals surface area (Å²) < 4.78 is 4.97. The van der Waals surface area contributed by atoms with E-state index in [2.05, 4.69) is 0 Å². The number of hydrogen-bond donors (Lipinski definition) is 0. The van der Waals surface area contributed by atoms with Gasteiger partial charge in [-0.3, -0.25) is 20.2 Å². The Morgan fingerprint density at radius 2 is 1.78 bits per heavy atom. The van der Waals surface area contributed by atoms with Crippen molar-refractivity contribution in [3.63, 3.8) is 0 Å². The average molecular weight is 337 g/mol. The number of hydrogen-bond acceptors (Lipinski definition) is 6. The number of nitro benzene ring substituents is 2. The molecule has 0 aliphatic rings. The molecule has 0 saturated heterocycles. The lowest BCUT2D eigenvalue weighted by atomic mass is 10.2. The second kappa shape index (κ2) is 6.84. The highest BCUT2D eigenvalue weighted by Crippen LogP contribution is 2.24. The van der Waals surface area contributed by atoms with Gasteiger partial charge in [0.15, 0.2) is 0 Å². The van der Waals surface area contributed by atoms with Crippen LogP contribution in [0.5, 0.6) is 0 Å². The van der Waals surface area contributed by atoms with Gasteiger partial charge in [0.25, 0.3) is 11.4 Å². The van der Waals surface area contributed by atoms with Crippen LogP contribution in [0.25, 0.3) is 0 Å². The maximum atomic E-state index is 12.0. The van der Waals surface area contributed by atoms with Crippen molar-refractivity contribution in [2.24, 2.45) is 0 Å². The highest BCUT2D eigenvalue weighted by molar-refractivity contribution is 6.33. The van der Waals surface area contributed by atoms with Gasteiger partial charge in [-0.15, -0.1) is 0 Å². The summed E-state index contributed by atoms with van der Waals surface area (Å²) in [5.41, 5.74) is -0.482. The highest BCUT2D eigenvalue weighted by Gasteiger charge is 2.19. The third-order valence-electron chi connectivity index (χ3n) is 2.93. The minimum atomic E-state index is -0.906. The number of para-hydroxylation sites is 1. The normalized spacial score (nSPS) is 10.1. The Kier molecular flexibility index (Phi) is 4.87. The molecule has 0 spiro atoms. The summed E-state index contributed by atoms with van der Waals surface area (Å²) in [6, 6.07) is 9.13. The molecule has 2 aromatic rings. The van der Waals surface area contributed by atoms with E-state index in [-0.39, 0.29) is 34.1 Å². The molecule has 118 valence electrons. The van der Waals surface area contributed by atoms with Crippen molar-refractivity contribution in [1.29, 1.82) is 0 Å². The number of nitro groups is 2. The van der Waals surface area contributed by atoms with Crippen LogP contribution in [-0.2, 0) is 11.3 Å². The maximum absolute atomic E-state index is 12.0. The van der Waals surface area contributed by atoms with Crippen LogP contribution in [0.2, 0.25) is 5.02 Å². The van der Waals surface area contributed by atoms with E-state index in [1.807, 2.05) is 0 Å². The minimum Gasteiger partial charge on any atom is -0.457 e. The van der Waals surface area contributed by atoms with E-state index in [0.717, 1.165) is 12.1 Å². The molecule has 0 heterocycles. The Balaban J connectivity index is 2.19. The number of ether oxygens (including phenoxy) is 1. The summed E-state index contributed by atoms with van der Waals surface area (Å²) in [4.78, 5) is 32.3. The number of halogens is 1. The number of benzene rings is 2. The van der Waals surface area contributed by atoms with Crippen LogP contribution in [0.4, 0.5) is 11.4 Å². The first kappa shape index (κ1) is 16.4. The average Bonchev–Trinajstić information content (AvgIpc) is 2.53. The van der Waals surface area contributed by atoms with Gasteiger partial charge in [-0.05, 0) is 12.1 Å². The summed E-state index contributed by atoms with van der Waals surface area (Å²) in [6.45, 7) is -0.352. The molecule has 0 bridgehead atoms. The molecule has 0 aromatic heterocycles. The number of non-ortho nitro benzene ring substituents is 1. The van der Waals surface area contributed by atoms with Crippen LogP contribution in [0.15, 0.2) is 42.5 Å². The molecule has 0 aliphatic heterocycles. The van der Waals surface area contributed by atoms with Crippen LogP contribution >= 0.6 is 11.6 Å². The van der Waals surface area contributed by atoms with Gasteiger partial charge in [-0.2, -0.15) is 0 Å². The van der Waals surface area contributed by atoms with E-state index in [4.69, 9.17) is 16.3 Å². The maximum Gasteiger partial charge on any atom is 0.340 e. The Morgan fingerprint density at radius 1 is 1.09 bits per heavy atom. The van der Waals surface area contributed by atoms with E-state index >= 15 is 0 Å². The van der Waals surface area contributed by atoms with E-state index in [0.29, 0.717) is 0 Å². The lowest BCUT2D eigenvalue weighted by molar-refractivity contribution is -0.385. The van der Waals surface area contributed by atoms with Crippen LogP contribution in [0.3, 0.4) is 0 Å². The van der Waals surface area contributed by atoms with Crippen molar-refractivity contribution in [3.05, 3.63) is 78.8 Å². The van der Waals surface area contributed by atoms with E-state index in [9.17, 15) is 25.0 Å². The number of nitrogens with zero attached hydrogens (tertiary/aromatic N) is 2. The fourth-order valence-corrected chi connectivity index (χ4v) is 2.01. The highest BCUT2D eigenvalue weighted by atomic mass is 35.5. The lowest BCUT2D eigenvalue weighted by Gasteiger charge is -2.07. The van der Waals surface area contributed by atoms with Gasteiger partial charge in [0, 0.05) is 18.2 Å². The Bertz CT molecular complexity index is 793. The summed E-state index contributed by atoms with van der Waals surface area (Å²) in [6.07, 6.45) is 0. The quantitative estimate of drug-likeness (QED) is 0.469. The summed E-state index contributed by atoms with van der Waals surface area (Å²) in [5.74, 6) is -0.906. The molecule has 0 aliphatic carbocycles. The molecule has 0 amide bonds. The second-order valence-corrected chi connectivity index (χ2v) is 4.79. The van der Waals surface area contributed by atoms with E-state index in [1.54, 1.807) is 6.07 Å². The molecule has 0 radical (unpaired) electrons. The van der Waals surface area contributed by atoms with Gasteiger partial charge >= 0.3 is 5.97 Å². The Hall–Kier alpha value is -3.00. The van der Waals surface area contributed by atoms with Crippen LogP contribution in [0, 0.1) is 20.2 Å². The van der Waals surface area contributed by atoms with Crippen LogP contribution < -0.4 is 0 Å². The molecular formula is C14H9ClN2O6. The zero-order valence-electron chi connectivity index (χ0n) is 11.5. The van der Waals surface area contributed by atoms with Gasteiger partial charge in [0.1, 0.15) is 6.61 Å². The van der Waals surface area contributed by atoms with Gasteiger partial charge in [-0.1, -0.05) is 23.7 Å². The largest absolute Gasteiger partial charge is 0.457 e. The first-order valence-electron chi connectivity index (χ1n) is 6.23.